The minimum Gasteiger partial charge on any atom is -0.497 e. The monoisotopic (exact) mass is 554 g/mol. The number of hydrogen-bond acceptors (Lipinski definition) is 5. The lowest BCUT2D eigenvalue weighted by Gasteiger charge is -2.19. The van der Waals surface area contributed by atoms with Crippen molar-refractivity contribution in [1.29, 1.82) is 0 Å². The summed E-state index contributed by atoms with van der Waals surface area (Å²) in [5.41, 5.74) is 1.21. The third-order valence-corrected chi connectivity index (χ3v) is 5.28. The Morgan fingerprint density at radius 3 is 2.50 bits per heavy atom. The Morgan fingerprint density at radius 2 is 1.78 bits per heavy atom. The molecule has 1 fully saturated rings. The maximum absolute atomic E-state index is 5.78. The highest BCUT2D eigenvalue weighted by Gasteiger charge is 2.22. The second kappa shape index (κ2) is 13.9. The van der Waals surface area contributed by atoms with Crippen LogP contribution in [0.15, 0.2) is 53.5 Å². The van der Waals surface area contributed by atoms with Crippen molar-refractivity contribution in [2.24, 2.45) is 10.9 Å². The molecule has 0 aliphatic carbocycles. The SMILES string of the molecule is CCNC(=NCC1CCN(c2cccc(OC)c2)C1)NCCOc1ccc(OC)cc1.I. The smallest absolute Gasteiger partial charge is 0.191 e. The molecule has 1 heterocycles. The molecule has 1 aliphatic rings. The van der Waals surface area contributed by atoms with Gasteiger partial charge in [0.25, 0.3) is 0 Å². The lowest BCUT2D eigenvalue weighted by Crippen LogP contribution is -2.39. The molecule has 0 bridgehead atoms. The molecule has 1 unspecified atom stereocenters. The van der Waals surface area contributed by atoms with Crippen LogP contribution in [0.3, 0.4) is 0 Å². The first-order valence-corrected chi connectivity index (χ1v) is 10.9. The van der Waals surface area contributed by atoms with Gasteiger partial charge in [-0.05, 0) is 55.7 Å². The Balaban J connectivity index is 0.00000363. The third-order valence-electron chi connectivity index (χ3n) is 5.28. The maximum Gasteiger partial charge on any atom is 0.191 e. The fourth-order valence-electron chi connectivity index (χ4n) is 3.60. The summed E-state index contributed by atoms with van der Waals surface area (Å²) >= 11 is 0. The molecular formula is C24H35IN4O3. The number of rotatable bonds is 10. The number of nitrogens with zero attached hydrogens (tertiary/aromatic N) is 2. The van der Waals surface area contributed by atoms with Gasteiger partial charge in [-0.3, -0.25) is 4.99 Å². The summed E-state index contributed by atoms with van der Waals surface area (Å²) < 4.78 is 16.3. The highest BCUT2D eigenvalue weighted by Crippen LogP contribution is 2.27. The summed E-state index contributed by atoms with van der Waals surface area (Å²) in [7, 11) is 3.36. The second-order valence-electron chi connectivity index (χ2n) is 7.47. The van der Waals surface area contributed by atoms with Gasteiger partial charge in [0.2, 0.25) is 0 Å². The largest absolute Gasteiger partial charge is 0.497 e. The predicted molar refractivity (Wildman–Crippen MR) is 141 cm³/mol. The van der Waals surface area contributed by atoms with Crippen LogP contribution in [0.5, 0.6) is 17.2 Å². The first-order valence-electron chi connectivity index (χ1n) is 10.9. The number of guanidine groups is 1. The minimum absolute atomic E-state index is 0. The van der Waals surface area contributed by atoms with Gasteiger partial charge < -0.3 is 29.7 Å². The van der Waals surface area contributed by atoms with Gasteiger partial charge in [0, 0.05) is 37.9 Å². The zero-order valence-electron chi connectivity index (χ0n) is 19.2. The molecule has 0 saturated carbocycles. The summed E-state index contributed by atoms with van der Waals surface area (Å²) in [6, 6.07) is 15.9. The Bertz CT molecular complexity index is 832. The van der Waals surface area contributed by atoms with Crippen LogP contribution in [-0.4, -0.2) is 59.5 Å². The highest BCUT2D eigenvalue weighted by atomic mass is 127. The molecule has 1 aliphatic heterocycles. The van der Waals surface area contributed by atoms with Crippen molar-refractivity contribution in [3.8, 4) is 17.2 Å². The molecule has 2 aromatic carbocycles. The van der Waals surface area contributed by atoms with E-state index < -0.39 is 0 Å². The van der Waals surface area contributed by atoms with Gasteiger partial charge in [-0.1, -0.05) is 6.07 Å². The van der Waals surface area contributed by atoms with Crippen LogP contribution in [-0.2, 0) is 0 Å². The molecule has 176 valence electrons. The lowest BCUT2D eigenvalue weighted by atomic mass is 10.1. The molecular weight excluding hydrogens is 519 g/mol. The van der Waals surface area contributed by atoms with E-state index in [1.807, 2.05) is 36.4 Å². The fraction of sp³-hybridized carbons (Fsp3) is 0.458. The van der Waals surface area contributed by atoms with Gasteiger partial charge in [0.1, 0.15) is 23.9 Å². The standard InChI is InChI=1S/C24H34N4O3.HI/c1-4-25-24(26-13-15-31-22-10-8-21(29-2)9-11-22)27-17-19-12-14-28(18-19)20-6-5-7-23(16-20)30-3;/h5-11,16,19H,4,12-15,17-18H2,1-3H3,(H2,25,26,27);1H. The van der Waals surface area contributed by atoms with Crippen molar-refractivity contribution >= 4 is 35.6 Å². The van der Waals surface area contributed by atoms with Crippen LogP contribution in [0.2, 0.25) is 0 Å². The molecule has 2 aromatic rings. The molecule has 7 nitrogen and oxygen atoms in total. The Morgan fingerprint density at radius 1 is 1.03 bits per heavy atom. The molecule has 0 spiro atoms. The second-order valence-corrected chi connectivity index (χ2v) is 7.47. The van der Waals surface area contributed by atoms with Gasteiger partial charge in [-0.15, -0.1) is 24.0 Å². The molecule has 0 amide bonds. The first-order chi connectivity index (χ1) is 15.2. The zero-order valence-corrected chi connectivity index (χ0v) is 21.5. The number of hydrogen-bond donors (Lipinski definition) is 2. The van der Waals surface area contributed by atoms with Crippen molar-refractivity contribution in [2.45, 2.75) is 13.3 Å². The quantitative estimate of drug-likeness (QED) is 0.202. The summed E-state index contributed by atoms with van der Waals surface area (Å²) in [6.45, 7) is 7.00. The van der Waals surface area contributed by atoms with Crippen LogP contribution < -0.4 is 29.7 Å². The summed E-state index contributed by atoms with van der Waals surface area (Å²) in [6.07, 6.45) is 1.14. The molecule has 8 heteroatoms. The number of ether oxygens (including phenoxy) is 3. The molecule has 0 aromatic heterocycles. The van der Waals surface area contributed by atoms with Crippen LogP contribution in [0.1, 0.15) is 13.3 Å². The van der Waals surface area contributed by atoms with Crippen molar-refractivity contribution < 1.29 is 14.2 Å². The van der Waals surface area contributed by atoms with Gasteiger partial charge in [-0.2, -0.15) is 0 Å². The van der Waals surface area contributed by atoms with E-state index in [-0.39, 0.29) is 24.0 Å². The Hall–Kier alpha value is -2.36. The van der Waals surface area contributed by atoms with E-state index in [0.717, 1.165) is 55.8 Å². The van der Waals surface area contributed by atoms with Crippen LogP contribution >= 0.6 is 24.0 Å². The predicted octanol–water partition coefficient (Wildman–Crippen LogP) is 3.78. The summed E-state index contributed by atoms with van der Waals surface area (Å²) in [5, 5.41) is 6.67. The van der Waals surface area contributed by atoms with E-state index in [1.54, 1.807) is 14.2 Å². The van der Waals surface area contributed by atoms with Crippen molar-refractivity contribution in [2.75, 3.05) is 58.5 Å². The Labute approximate surface area is 208 Å². The maximum atomic E-state index is 5.78. The topological polar surface area (TPSA) is 67.4 Å². The molecule has 2 N–H and O–H groups in total. The lowest BCUT2D eigenvalue weighted by molar-refractivity contribution is 0.321. The number of halogens is 1. The first kappa shape index (κ1) is 25.9. The highest BCUT2D eigenvalue weighted by molar-refractivity contribution is 14.0. The van der Waals surface area contributed by atoms with Crippen molar-refractivity contribution in [3.05, 3.63) is 48.5 Å². The average molecular weight is 554 g/mol. The molecule has 1 saturated heterocycles. The van der Waals surface area contributed by atoms with Gasteiger partial charge >= 0.3 is 0 Å². The average Bonchev–Trinajstić information content (AvgIpc) is 3.29. The number of nitrogens with one attached hydrogen (secondary N) is 2. The molecule has 3 rings (SSSR count). The van der Waals surface area contributed by atoms with Crippen molar-refractivity contribution in [3.63, 3.8) is 0 Å². The van der Waals surface area contributed by atoms with Gasteiger partial charge in [0.15, 0.2) is 5.96 Å². The van der Waals surface area contributed by atoms with E-state index in [1.165, 1.54) is 5.69 Å². The van der Waals surface area contributed by atoms with E-state index in [9.17, 15) is 0 Å². The van der Waals surface area contributed by atoms with Crippen molar-refractivity contribution in [1.82, 2.24) is 10.6 Å². The van der Waals surface area contributed by atoms with Crippen LogP contribution in [0, 0.1) is 5.92 Å². The normalized spacial score (nSPS) is 15.7. The summed E-state index contributed by atoms with van der Waals surface area (Å²) in [5.74, 6) is 3.92. The van der Waals surface area contributed by atoms with E-state index >= 15 is 0 Å². The van der Waals surface area contributed by atoms with E-state index in [0.29, 0.717) is 19.1 Å². The van der Waals surface area contributed by atoms with Gasteiger partial charge in [0.05, 0.1) is 20.8 Å². The van der Waals surface area contributed by atoms with Crippen LogP contribution in [0.25, 0.3) is 0 Å². The Kier molecular flexibility index (Phi) is 11.3. The third kappa shape index (κ3) is 7.96. The zero-order chi connectivity index (χ0) is 21.9. The summed E-state index contributed by atoms with van der Waals surface area (Å²) in [4.78, 5) is 7.20. The number of aliphatic imine (C=N–C) groups is 1. The number of methoxy groups -OCH3 is 2. The molecule has 32 heavy (non-hydrogen) atoms. The number of anilines is 1. The van der Waals surface area contributed by atoms with Gasteiger partial charge in [-0.25, -0.2) is 0 Å². The fourth-order valence-corrected chi connectivity index (χ4v) is 3.60. The van der Waals surface area contributed by atoms with E-state index in [4.69, 9.17) is 19.2 Å². The van der Waals surface area contributed by atoms with E-state index in [2.05, 4.69) is 34.6 Å². The number of benzene rings is 2. The van der Waals surface area contributed by atoms with Crippen LogP contribution in [0.4, 0.5) is 5.69 Å². The molecule has 1 atom stereocenters. The molecule has 0 radical (unpaired) electrons. The minimum atomic E-state index is 0.